The van der Waals surface area contributed by atoms with E-state index in [9.17, 15) is 4.79 Å². The highest BCUT2D eigenvalue weighted by molar-refractivity contribution is 7.80. The number of amides is 1. The molecule has 2 N–H and O–H groups in total. The molecule has 0 aromatic heterocycles. The number of benzene rings is 1. The zero-order chi connectivity index (χ0) is 15.0. The van der Waals surface area contributed by atoms with Gasteiger partial charge < -0.3 is 10.6 Å². The molecular formula is C17H22N2OS. The SMILES string of the molecule is CC1CC(C(=O)N2CCCCc3ccccc32)(C(N)=S)C1. The summed E-state index contributed by atoms with van der Waals surface area (Å²) < 4.78 is 0. The minimum atomic E-state index is -0.605. The first-order valence-electron chi connectivity index (χ1n) is 7.74. The van der Waals surface area contributed by atoms with Crippen LogP contribution in [0.5, 0.6) is 0 Å². The van der Waals surface area contributed by atoms with Gasteiger partial charge in [0, 0.05) is 12.2 Å². The van der Waals surface area contributed by atoms with Gasteiger partial charge in [-0.1, -0.05) is 37.3 Å². The normalized spacial score (nSPS) is 28.2. The van der Waals surface area contributed by atoms with E-state index in [-0.39, 0.29) is 5.91 Å². The van der Waals surface area contributed by atoms with Crippen LogP contribution in [-0.2, 0) is 11.2 Å². The molecule has 1 saturated carbocycles. The third kappa shape index (κ3) is 2.35. The van der Waals surface area contributed by atoms with E-state index in [0.717, 1.165) is 44.3 Å². The standard InChI is InChI=1S/C17H22N2OS/c1-12-10-17(11-12,15(18)21)16(20)19-9-5-4-7-13-6-2-3-8-14(13)19/h2-3,6,8,12H,4-5,7,9-11H2,1H3,(H2,18,21). The highest BCUT2D eigenvalue weighted by Gasteiger charge is 2.52. The van der Waals surface area contributed by atoms with Crippen LogP contribution in [0.2, 0.25) is 0 Å². The number of rotatable bonds is 2. The number of thiocarbonyl (C=S) groups is 1. The maximum atomic E-state index is 13.2. The minimum Gasteiger partial charge on any atom is -0.392 e. The summed E-state index contributed by atoms with van der Waals surface area (Å²) in [6.07, 6.45) is 4.77. The monoisotopic (exact) mass is 302 g/mol. The lowest BCUT2D eigenvalue weighted by atomic mass is 9.61. The fourth-order valence-corrected chi connectivity index (χ4v) is 4.03. The van der Waals surface area contributed by atoms with Crippen molar-refractivity contribution >= 4 is 28.8 Å². The zero-order valence-electron chi connectivity index (χ0n) is 12.5. The molecule has 1 aliphatic heterocycles. The molecule has 0 unspecified atom stereocenters. The average molecular weight is 302 g/mol. The summed E-state index contributed by atoms with van der Waals surface area (Å²) >= 11 is 5.24. The number of aryl methyl sites for hydroxylation is 1. The van der Waals surface area contributed by atoms with E-state index >= 15 is 0 Å². The van der Waals surface area contributed by atoms with Crippen LogP contribution >= 0.6 is 12.2 Å². The molecular weight excluding hydrogens is 280 g/mol. The van der Waals surface area contributed by atoms with Crippen molar-refractivity contribution in [1.29, 1.82) is 0 Å². The second kappa shape index (κ2) is 5.41. The van der Waals surface area contributed by atoms with E-state index in [1.807, 2.05) is 23.1 Å². The van der Waals surface area contributed by atoms with Gasteiger partial charge in [-0.15, -0.1) is 0 Å². The first-order valence-corrected chi connectivity index (χ1v) is 8.15. The van der Waals surface area contributed by atoms with Crippen molar-refractivity contribution in [2.24, 2.45) is 17.1 Å². The van der Waals surface area contributed by atoms with E-state index in [2.05, 4.69) is 13.0 Å². The molecule has 1 aromatic carbocycles. The second-order valence-corrected chi connectivity index (χ2v) is 6.94. The average Bonchev–Trinajstić information content (AvgIpc) is 2.65. The predicted octanol–water partition coefficient (Wildman–Crippen LogP) is 3.06. The summed E-state index contributed by atoms with van der Waals surface area (Å²) in [5, 5.41) is 0. The van der Waals surface area contributed by atoms with Crippen molar-refractivity contribution in [3.05, 3.63) is 29.8 Å². The molecule has 3 nitrogen and oxygen atoms in total. The van der Waals surface area contributed by atoms with Crippen LogP contribution < -0.4 is 10.6 Å². The fourth-order valence-electron chi connectivity index (χ4n) is 3.77. The molecule has 4 heteroatoms. The number of anilines is 1. The first kappa shape index (κ1) is 14.5. The molecule has 2 aliphatic rings. The Kier molecular flexibility index (Phi) is 3.74. The molecule has 0 atom stereocenters. The number of carbonyl (C=O) groups excluding carboxylic acids is 1. The summed E-state index contributed by atoms with van der Waals surface area (Å²) in [6.45, 7) is 2.93. The van der Waals surface area contributed by atoms with Crippen molar-refractivity contribution in [3.8, 4) is 0 Å². The van der Waals surface area contributed by atoms with E-state index in [1.54, 1.807) is 0 Å². The van der Waals surface area contributed by atoms with Gasteiger partial charge in [0.15, 0.2) is 0 Å². The van der Waals surface area contributed by atoms with E-state index in [4.69, 9.17) is 18.0 Å². The molecule has 1 heterocycles. The van der Waals surface area contributed by atoms with Gasteiger partial charge in [0.2, 0.25) is 5.91 Å². The summed E-state index contributed by atoms with van der Waals surface area (Å²) in [6, 6.07) is 8.22. The van der Waals surface area contributed by atoms with Crippen molar-refractivity contribution in [2.45, 2.75) is 39.0 Å². The molecule has 3 rings (SSSR count). The molecule has 112 valence electrons. The molecule has 0 saturated heterocycles. The number of carbonyl (C=O) groups is 1. The first-order chi connectivity index (χ1) is 10.0. The molecule has 1 aromatic rings. The summed E-state index contributed by atoms with van der Waals surface area (Å²) in [7, 11) is 0. The third-order valence-corrected chi connectivity index (χ3v) is 5.27. The lowest BCUT2D eigenvalue weighted by Crippen LogP contribution is -2.57. The van der Waals surface area contributed by atoms with Gasteiger partial charge in [-0.2, -0.15) is 0 Å². The highest BCUT2D eigenvalue weighted by atomic mass is 32.1. The second-order valence-electron chi connectivity index (χ2n) is 6.50. The van der Waals surface area contributed by atoms with E-state index in [1.165, 1.54) is 5.56 Å². The van der Waals surface area contributed by atoms with E-state index in [0.29, 0.717) is 10.9 Å². The Hall–Kier alpha value is -1.42. The van der Waals surface area contributed by atoms with E-state index < -0.39 is 5.41 Å². The van der Waals surface area contributed by atoms with Crippen LogP contribution in [0.4, 0.5) is 5.69 Å². The van der Waals surface area contributed by atoms with Gasteiger partial charge >= 0.3 is 0 Å². The van der Waals surface area contributed by atoms with Gasteiger partial charge in [-0.3, -0.25) is 4.79 Å². The van der Waals surface area contributed by atoms with Crippen molar-refractivity contribution < 1.29 is 4.79 Å². The third-order valence-electron chi connectivity index (χ3n) is 4.88. The Morgan fingerprint density at radius 3 is 2.71 bits per heavy atom. The topological polar surface area (TPSA) is 46.3 Å². The van der Waals surface area contributed by atoms with Crippen LogP contribution in [0.1, 0.15) is 38.2 Å². The molecule has 0 spiro atoms. The van der Waals surface area contributed by atoms with Crippen LogP contribution in [0, 0.1) is 11.3 Å². The number of nitrogens with zero attached hydrogens (tertiary/aromatic N) is 1. The Morgan fingerprint density at radius 1 is 1.33 bits per heavy atom. The number of hydrogen-bond acceptors (Lipinski definition) is 2. The number of nitrogens with two attached hydrogens (primary N) is 1. The molecule has 0 bridgehead atoms. The van der Waals surface area contributed by atoms with Crippen LogP contribution in [-0.4, -0.2) is 17.4 Å². The van der Waals surface area contributed by atoms with Gasteiger partial charge in [0.25, 0.3) is 0 Å². The number of fused-ring (bicyclic) bond motifs is 1. The van der Waals surface area contributed by atoms with Crippen molar-refractivity contribution in [1.82, 2.24) is 0 Å². The Labute approximate surface area is 131 Å². The Bertz CT molecular complexity index is 578. The predicted molar refractivity (Wildman–Crippen MR) is 89.3 cm³/mol. The maximum absolute atomic E-state index is 13.2. The largest absolute Gasteiger partial charge is 0.392 e. The number of hydrogen-bond donors (Lipinski definition) is 1. The lowest BCUT2D eigenvalue weighted by Gasteiger charge is -2.46. The minimum absolute atomic E-state index is 0.113. The lowest BCUT2D eigenvalue weighted by molar-refractivity contribution is -0.130. The smallest absolute Gasteiger partial charge is 0.240 e. The Balaban J connectivity index is 1.96. The molecule has 0 radical (unpaired) electrons. The fraction of sp³-hybridized carbons (Fsp3) is 0.529. The summed E-state index contributed by atoms with van der Waals surface area (Å²) in [4.78, 5) is 15.5. The van der Waals surface area contributed by atoms with Crippen LogP contribution in [0.25, 0.3) is 0 Å². The van der Waals surface area contributed by atoms with Gasteiger partial charge in [-0.25, -0.2) is 0 Å². The van der Waals surface area contributed by atoms with Crippen molar-refractivity contribution in [2.75, 3.05) is 11.4 Å². The highest BCUT2D eigenvalue weighted by Crippen LogP contribution is 2.48. The van der Waals surface area contributed by atoms with Gasteiger partial charge in [-0.05, 0) is 49.7 Å². The zero-order valence-corrected chi connectivity index (χ0v) is 13.3. The molecule has 1 aliphatic carbocycles. The van der Waals surface area contributed by atoms with Gasteiger partial charge in [0.05, 0.1) is 10.4 Å². The Morgan fingerprint density at radius 2 is 2.05 bits per heavy atom. The quantitative estimate of drug-likeness (QED) is 0.854. The van der Waals surface area contributed by atoms with Crippen LogP contribution in [0.3, 0.4) is 0 Å². The summed E-state index contributed by atoms with van der Waals surface area (Å²) in [5.74, 6) is 0.639. The summed E-state index contributed by atoms with van der Waals surface area (Å²) in [5.41, 5.74) is 7.65. The molecule has 1 amide bonds. The van der Waals surface area contributed by atoms with Crippen LogP contribution in [0.15, 0.2) is 24.3 Å². The van der Waals surface area contributed by atoms with Crippen molar-refractivity contribution in [3.63, 3.8) is 0 Å². The molecule has 21 heavy (non-hydrogen) atoms. The maximum Gasteiger partial charge on any atom is 0.240 e. The van der Waals surface area contributed by atoms with Gasteiger partial charge in [0.1, 0.15) is 0 Å². The number of para-hydroxylation sites is 1. The molecule has 1 fully saturated rings.